The highest BCUT2D eigenvalue weighted by Gasteiger charge is 2.24. The number of carbonyl (C=O) groups excluding carboxylic acids is 1. The molecular formula is C21H15F2N3O2S. The van der Waals surface area contributed by atoms with Crippen LogP contribution in [0.4, 0.5) is 20.2 Å². The number of para-hydroxylation sites is 2. The average molecular weight is 411 g/mol. The van der Waals surface area contributed by atoms with Gasteiger partial charge in [-0.05, 0) is 36.4 Å². The summed E-state index contributed by atoms with van der Waals surface area (Å²) in [5.74, 6) is -3.64. The predicted molar refractivity (Wildman–Crippen MR) is 108 cm³/mol. The lowest BCUT2D eigenvalue weighted by atomic mass is 10.2. The molecule has 146 valence electrons. The first-order valence-corrected chi connectivity index (χ1v) is 9.48. The maximum absolute atomic E-state index is 13.4. The molecule has 0 bridgehead atoms. The molecule has 4 rings (SSSR count). The summed E-state index contributed by atoms with van der Waals surface area (Å²) in [5, 5.41) is 12.9. The summed E-state index contributed by atoms with van der Waals surface area (Å²) in [4.78, 5) is 16.4. The third kappa shape index (κ3) is 3.93. The van der Waals surface area contributed by atoms with Crippen LogP contribution in [-0.2, 0) is 4.79 Å². The van der Waals surface area contributed by atoms with Crippen molar-refractivity contribution in [2.24, 2.45) is 5.10 Å². The molecule has 0 saturated carbocycles. The molecule has 1 amide bonds. The normalized spacial score (nSPS) is 12.6. The lowest BCUT2D eigenvalue weighted by molar-refractivity contribution is -0.119. The van der Waals surface area contributed by atoms with Crippen LogP contribution in [0.1, 0.15) is 5.56 Å². The number of aromatic hydroxyl groups is 1. The first-order chi connectivity index (χ1) is 14.0. The third-order valence-electron chi connectivity index (χ3n) is 4.28. The van der Waals surface area contributed by atoms with Gasteiger partial charge in [0.1, 0.15) is 6.54 Å². The van der Waals surface area contributed by atoms with E-state index in [0.717, 1.165) is 39.5 Å². The number of hydrogen-bond acceptors (Lipinski definition) is 5. The number of nitrogens with zero attached hydrogens (tertiary/aromatic N) is 2. The van der Waals surface area contributed by atoms with Gasteiger partial charge in [0, 0.05) is 15.4 Å². The summed E-state index contributed by atoms with van der Waals surface area (Å²) in [6, 6.07) is 17.4. The molecule has 8 heteroatoms. The molecule has 0 spiro atoms. The molecule has 3 aromatic rings. The maximum atomic E-state index is 13.4. The maximum Gasteiger partial charge on any atom is 0.260 e. The van der Waals surface area contributed by atoms with E-state index in [9.17, 15) is 13.6 Å². The number of halogens is 2. The van der Waals surface area contributed by atoms with E-state index in [2.05, 4.69) is 10.5 Å². The smallest absolute Gasteiger partial charge is 0.260 e. The second-order valence-electron chi connectivity index (χ2n) is 6.25. The molecule has 0 saturated heterocycles. The average Bonchev–Trinajstić information content (AvgIpc) is 2.72. The van der Waals surface area contributed by atoms with Crippen molar-refractivity contribution in [2.45, 2.75) is 9.79 Å². The first-order valence-electron chi connectivity index (χ1n) is 8.66. The Labute approximate surface area is 169 Å². The zero-order valence-corrected chi connectivity index (χ0v) is 15.8. The molecular weight excluding hydrogens is 396 g/mol. The molecule has 0 fully saturated rings. The Hall–Kier alpha value is -3.39. The minimum Gasteiger partial charge on any atom is -0.503 e. The van der Waals surface area contributed by atoms with Crippen molar-refractivity contribution in [1.82, 2.24) is 5.43 Å². The fraction of sp³-hybridized carbons (Fsp3) is 0.0476. The van der Waals surface area contributed by atoms with Gasteiger partial charge in [-0.25, -0.2) is 14.2 Å². The van der Waals surface area contributed by atoms with E-state index in [1.165, 1.54) is 0 Å². The van der Waals surface area contributed by atoms with Gasteiger partial charge in [0.05, 0.1) is 17.6 Å². The molecule has 0 radical (unpaired) electrons. The fourth-order valence-electron chi connectivity index (χ4n) is 2.97. The SMILES string of the molecule is O=C(CN1c2ccccc2Sc2ccccc21)NN=Cc1cc(F)c(O)c(F)c1. The van der Waals surface area contributed by atoms with E-state index < -0.39 is 23.3 Å². The van der Waals surface area contributed by atoms with Gasteiger partial charge in [-0.1, -0.05) is 36.0 Å². The van der Waals surface area contributed by atoms with E-state index in [0.29, 0.717) is 0 Å². The largest absolute Gasteiger partial charge is 0.503 e. The van der Waals surface area contributed by atoms with Crippen LogP contribution in [0.5, 0.6) is 5.75 Å². The van der Waals surface area contributed by atoms with Crippen LogP contribution >= 0.6 is 11.8 Å². The number of phenols is 1. The standard InChI is InChI=1S/C21H15F2N3O2S/c22-14-9-13(10-15(23)21(14)28)11-24-25-20(27)12-26-16-5-1-3-7-18(16)29-19-8-4-2-6-17(19)26/h1-11,28H,12H2,(H,25,27). The van der Waals surface area contributed by atoms with Crippen molar-refractivity contribution >= 4 is 35.3 Å². The van der Waals surface area contributed by atoms with Crippen LogP contribution in [0.2, 0.25) is 0 Å². The second-order valence-corrected chi connectivity index (χ2v) is 7.33. The van der Waals surface area contributed by atoms with Gasteiger partial charge in [-0.15, -0.1) is 0 Å². The lowest BCUT2D eigenvalue weighted by Crippen LogP contribution is -2.33. The van der Waals surface area contributed by atoms with Gasteiger partial charge in [-0.2, -0.15) is 5.10 Å². The number of anilines is 2. The number of carbonyl (C=O) groups is 1. The molecule has 0 aliphatic carbocycles. The van der Waals surface area contributed by atoms with Crippen molar-refractivity contribution < 1.29 is 18.7 Å². The van der Waals surface area contributed by atoms with Crippen LogP contribution in [0.15, 0.2) is 75.6 Å². The van der Waals surface area contributed by atoms with Crippen LogP contribution in [0.25, 0.3) is 0 Å². The number of hydrazone groups is 1. The predicted octanol–water partition coefficient (Wildman–Crippen LogP) is 4.42. The van der Waals surface area contributed by atoms with Crippen LogP contribution < -0.4 is 10.3 Å². The lowest BCUT2D eigenvalue weighted by Gasteiger charge is -2.31. The zero-order chi connectivity index (χ0) is 20.4. The number of benzene rings is 3. The molecule has 0 unspecified atom stereocenters. The summed E-state index contributed by atoms with van der Waals surface area (Å²) in [6.45, 7) is 0.0181. The number of fused-ring (bicyclic) bond motifs is 2. The first kappa shape index (κ1) is 18.9. The summed E-state index contributed by atoms with van der Waals surface area (Å²) < 4.78 is 26.7. The Morgan fingerprint density at radius 2 is 1.59 bits per heavy atom. The number of amides is 1. The highest BCUT2D eigenvalue weighted by atomic mass is 32.2. The van der Waals surface area contributed by atoms with Gasteiger partial charge >= 0.3 is 0 Å². The fourth-order valence-corrected chi connectivity index (χ4v) is 4.06. The summed E-state index contributed by atoms with van der Waals surface area (Å²) in [5.41, 5.74) is 4.27. The van der Waals surface area contributed by atoms with E-state index in [-0.39, 0.29) is 12.1 Å². The quantitative estimate of drug-likeness (QED) is 0.493. The van der Waals surface area contributed by atoms with Crippen molar-refractivity contribution in [1.29, 1.82) is 0 Å². The number of nitrogens with one attached hydrogen (secondary N) is 1. The molecule has 2 N–H and O–H groups in total. The summed E-state index contributed by atoms with van der Waals surface area (Å²) in [7, 11) is 0. The molecule has 0 aromatic heterocycles. The second kappa shape index (κ2) is 7.92. The summed E-state index contributed by atoms with van der Waals surface area (Å²) in [6.07, 6.45) is 1.11. The monoisotopic (exact) mass is 411 g/mol. The Balaban J connectivity index is 1.50. The van der Waals surface area contributed by atoms with Gasteiger partial charge in [-0.3, -0.25) is 4.79 Å². The molecule has 29 heavy (non-hydrogen) atoms. The minimum atomic E-state index is -1.10. The highest BCUT2D eigenvalue weighted by molar-refractivity contribution is 7.99. The van der Waals surface area contributed by atoms with Crippen LogP contribution in [-0.4, -0.2) is 23.8 Å². The van der Waals surface area contributed by atoms with E-state index in [1.807, 2.05) is 53.4 Å². The number of hydrogen-bond donors (Lipinski definition) is 2. The topological polar surface area (TPSA) is 64.9 Å². The van der Waals surface area contributed by atoms with Crippen molar-refractivity contribution in [3.63, 3.8) is 0 Å². The van der Waals surface area contributed by atoms with Gasteiger partial charge < -0.3 is 10.0 Å². The Morgan fingerprint density at radius 3 is 2.17 bits per heavy atom. The zero-order valence-electron chi connectivity index (χ0n) is 15.0. The van der Waals surface area contributed by atoms with Crippen LogP contribution in [0.3, 0.4) is 0 Å². The van der Waals surface area contributed by atoms with Crippen molar-refractivity contribution in [3.05, 3.63) is 77.9 Å². The molecule has 3 aromatic carbocycles. The Kier molecular flexibility index (Phi) is 5.18. The van der Waals surface area contributed by atoms with Crippen LogP contribution in [0, 0.1) is 11.6 Å². The van der Waals surface area contributed by atoms with Gasteiger partial charge in [0.25, 0.3) is 5.91 Å². The molecule has 1 aliphatic rings. The number of rotatable bonds is 4. The molecule has 1 aliphatic heterocycles. The Morgan fingerprint density at radius 1 is 1.03 bits per heavy atom. The molecule has 0 atom stereocenters. The Bertz CT molecular complexity index is 1050. The third-order valence-corrected chi connectivity index (χ3v) is 5.41. The van der Waals surface area contributed by atoms with E-state index >= 15 is 0 Å². The number of phenolic OH excluding ortho intramolecular Hbond substituents is 1. The highest BCUT2D eigenvalue weighted by Crippen LogP contribution is 2.47. The molecule has 5 nitrogen and oxygen atoms in total. The van der Waals surface area contributed by atoms with Gasteiger partial charge in [0.2, 0.25) is 0 Å². The van der Waals surface area contributed by atoms with Crippen molar-refractivity contribution in [2.75, 3.05) is 11.4 Å². The van der Waals surface area contributed by atoms with E-state index in [1.54, 1.807) is 11.8 Å². The minimum absolute atomic E-state index is 0.0181. The van der Waals surface area contributed by atoms with E-state index in [4.69, 9.17) is 5.11 Å². The van der Waals surface area contributed by atoms with Crippen molar-refractivity contribution in [3.8, 4) is 5.75 Å². The van der Waals surface area contributed by atoms with Gasteiger partial charge in [0.15, 0.2) is 17.4 Å². The molecule has 1 heterocycles. The summed E-state index contributed by atoms with van der Waals surface area (Å²) >= 11 is 1.64.